The maximum absolute atomic E-state index is 13.1. The summed E-state index contributed by atoms with van der Waals surface area (Å²) in [6, 6.07) is -0.907. The van der Waals surface area contributed by atoms with Crippen molar-refractivity contribution >= 4 is 13.7 Å². The monoisotopic (exact) mass is 1290 g/mol. The molecule has 0 aromatic heterocycles. The van der Waals surface area contributed by atoms with Crippen molar-refractivity contribution in [2.75, 3.05) is 40.9 Å². The zero-order valence-electron chi connectivity index (χ0n) is 61.0. The van der Waals surface area contributed by atoms with Crippen LogP contribution in [-0.4, -0.2) is 68.5 Å². The van der Waals surface area contributed by atoms with Gasteiger partial charge in [0.25, 0.3) is 7.82 Å². The first-order valence-corrected chi connectivity index (χ1v) is 40.9. The van der Waals surface area contributed by atoms with Crippen LogP contribution in [0.1, 0.15) is 380 Å². The van der Waals surface area contributed by atoms with E-state index in [4.69, 9.17) is 9.05 Å². The van der Waals surface area contributed by atoms with E-state index in [9.17, 15) is 19.4 Å². The first kappa shape index (κ1) is 88.7. The Kier molecular flexibility index (Phi) is 70.1. The van der Waals surface area contributed by atoms with Gasteiger partial charge in [-0.3, -0.25) is 9.36 Å². The molecule has 91 heavy (non-hydrogen) atoms. The van der Waals surface area contributed by atoms with Crippen LogP contribution in [-0.2, 0) is 18.4 Å². The fourth-order valence-corrected chi connectivity index (χ4v) is 12.5. The van der Waals surface area contributed by atoms with Crippen molar-refractivity contribution < 1.29 is 32.9 Å². The number of amides is 1. The summed E-state index contributed by atoms with van der Waals surface area (Å²) in [5.41, 5.74) is 0. The lowest BCUT2D eigenvalue weighted by atomic mass is 10.0. The Labute approximate surface area is 567 Å². The molecule has 0 fully saturated rings. The number of rotatable bonds is 73. The zero-order chi connectivity index (χ0) is 66.2. The summed E-state index contributed by atoms with van der Waals surface area (Å²) in [5, 5.41) is 14.0. The summed E-state index contributed by atoms with van der Waals surface area (Å²) in [7, 11) is 1.26. The largest absolute Gasteiger partial charge is 0.756 e. The third-order valence-corrected chi connectivity index (χ3v) is 18.8. The second-order valence-corrected chi connectivity index (χ2v) is 29.4. The standard InChI is InChI=1S/C82H153N2O6P/c1-6-8-10-12-14-16-18-20-22-24-26-28-30-32-34-36-38-39-40-41-42-43-44-45-46-48-50-52-54-56-58-60-62-64-66-68-70-72-74-76-82(86)83-80(79-90-91(87,88)89-78-77-84(3,4)5)81(85)75-73-71-69-67-65-63-61-59-57-55-53-51-49-47-37-35-33-31-29-27-25-23-21-19-17-15-13-11-9-7-2/h8,10,14,16,20,22,26,28,32,34,65,67,73,75,80-81,85H,6-7,9,11-13,15,17-19,21,23-25,27,29-31,33,35-64,66,68-72,74,76-79H2,1-5H3,(H-,83,86,87,88)/b10-8-,16-14-,22-20-,28-26-,34-32-,67-65+,75-73+. The van der Waals surface area contributed by atoms with Gasteiger partial charge >= 0.3 is 0 Å². The summed E-state index contributed by atoms with van der Waals surface area (Å²) in [6.07, 6.45) is 103. The van der Waals surface area contributed by atoms with Crippen molar-refractivity contribution in [3.63, 3.8) is 0 Å². The maximum Gasteiger partial charge on any atom is 0.268 e. The van der Waals surface area contributed by atoms with Gasteiger partial charge in [-0.15, -0.1) is 0 Å². The third-order valence-electron chi connectivity index (χ3n) is 17.8. The Bertz CT molecular complexity index is 1760. The predicted molar refractivity (Wildman–Crippen MR) is 399 cm³/mol. The Hall–Kier alpha value is -2.32. The fourth-order valence-electron chi connectivity index (χ4n) is 11.8. The summed E-state index contributed by atoms with van der Waals surface area (Å²) in [6.45, 7) is 4.57. The van der Waals surface area contributed by atoms with Gasteiger partial charge in [-0.25, -0.2) is 0 Å². The molecule has 0 heterocycles. The molecule has 0 aliphatic rings. The lowest BCUT2D eigenvalue weighted by molar-refractivity contribution is -0.870. The zero-order valence-corrected chi connectivity index (χ0v) is 61.9. The molecule has 532 valence electrons. The van der Waals surface area contributed by atoms with Crippen LogP contribution < -0.4 is 10.2 Å². The molecule has 0 rings (SSSR count). The maximum atomic E-state index is 13.1. The molecule has 0 aromatic carbocycles. The number of unbranched alkanes of at least 4 members (excludes halogenated alkanes) is 48. The van der Waals surface area contributed by atoms with Crippen LogP contribution in [0.25, 0.3) is 0 Å². The molecule has 0 aromatic rings. The minimum absolute atomic E-state index is 0.00639. The minimum atomic E-state index is -4.62. The van der Waals surface area contributed by atoms with Gasteiger partial charge in [0.1, 0.15) is 13.2 Å². The molecule has 1 amide bonds. The van der Waals surface area contributed by atoms with E-state index in [-0.39, 0.29) is 12.5 Å². The van der Waals surface area contributed by atoms with E-state index in [1.807, 2.05) is 27.2 Å². The second kappa shape index (κ2) is 72.0. The van der Waals surface area contributed by atoms with Crippen molar-refractivity contribution in [2.24, 2.45) is 0 Å². The molecule has 0 saturated heterocycles. The summed E-state index contributed by atoms with van der Waals surface area (Å²) < 4.78 is 23.5. The molecule has 3 atom stereocenters. The Morgan fingerprint density at radius 3 is 1.02 bits per heavy atom. The molecule has 2 N–H and O–H groups in total. The number of phosphoric acid groups is 1. The number of aliphatic hydroxyl groups is 1. The highest BCUT2D eigenvalue weighted by molar-refractivity contribution is 7.45. The third kappa shape index (κ3) is 74.9. The number of phosphoric ester groups is 1. The van der Waals surface area contributed by atoms with E-state index >= 15 is 0 Å². The Morgan fingerprint density at radius 2 is 0.681 bits per heavy atom. The Balaban J connectivity index is 3.98. The molecular weight excluding hydrogens is 1140 g/mol. The molecule has 0 aliphatic heterocycles. The summed E-state index contributed by atoms with van der Waals surface area (Å²) in [5.74, 6) is -0.201. The number of quaternary nitrogens is 1. The van der Waals surface area contributed by atoms with Gasteiger partial charge in [-0.05, 0) is 77.0 Å². The first-order valence-electron chi connectivity index (χ1n) is 39.4. The predicted octanol–water partition coefficient (Wildman–Crippen LogP) is 25.2. The van der Waals surface area contributed by atoms with Gasteiger partial charge in [0.15, 0.2) is 0 Å². The molecule has 8 nitrogen and oxygen atoms in total. The number of hydrogen-bond donors (Lipinski definition) is 2. The van der Waals surface area contributed by atoms with Crippen LogP contribution in [0.2, 0.25) is 0 Å². The van der Waals surface area contributed by atoms with Crippen molar-refractivity contribution in [3.8, 4) is 0 Å². The van der Waals surface area contributed by atoms with Gasteiger partial charge in [-0.2, -0.15) is 0 Å². The lowest BCUT2D eigenvalue weighted by Crippen LogP contribution is -2.45. The molecular formula is C82H153N2O6P. The van der Waals surface area contributed by atoms with E-state index in [1.165, 1.54) is 289 Å². The topological polar surface area (TPSA) is 108 Å². The number of nitrogens with one attached hydrogen (secondary N) is 1. The van der Waals surface area contributed by atoms with Gasteiger partial charge in [-0.1, -0.05) is 381 Å². The molecule has 3 unspecified atom stereocenters. The number of carbonyl (C=O) groups excluding carboxylic acids is 1. The van der Waals surface area contributed by atoms with E-state index < -0.39 is 26.6 Å². The van der Waals surface area contributed by atoms with Gasteiger partial charge in [0.2, 0.25) is 5.91 Å². The van der Waals surface area contributed by atoms with E-state index in [2.05, 4.69) is 92.1 Å². The van der Waals surface area contributed by atoms with Crippen LogP contribution in [0.15, 0.2) is 85.1 Å². The molecule has 0 aliphatic carbocycles. The van der Waals surface area contributed by atoms with Crippen molar-refractivity contribution in [1.29, 1.82) is 0 Å². The molecule has 0 spiro atoms. The summed E-state index contributed by atoms with van der Waals surface area (Å²) in [4.78, 5) is 25.7. The molecule has 0 saturated carbocycles. The average molecular weight is 1290 g/mol. The number of allylic oxidation sites excluding steroid dienone is 13. The molecule has 9 heteroatoms. The second-order valence-electron chi connectivity index (χ2n) is 28.0. The quantitative estimate of drug-likeness (QED) is 0.0272. The summed E-state index contributed by atoms with van der Waals surface area (Å²) >= 11 is 0. The SMILES string of the molecule is CC/C=C\C/C=C\C/C=C\C/C=C\C/C=C\CCCCCCCCCCCCCCCCCCCCCCCCCC(=O)NC(COP(=O)([O-])OCC[N+](C)(C)C)C(O)/C=C/CC/C=C/CCCCCCCCCCCCCCCCCCCCCCCCCC. The van der Waals surface area contributed by atoms with E-state index in [0.717, 1.165) is 70.6 Å². The number of nitrogens with zero attached hydrogens (tertiary/aromatic N) is 1. The normalized spacial score (nSPS) is 14.0. The number of aliphatic hydroxyl groups excluding tert-OH is 1. The number of likely N-dealkylation sites (N-methyl/N-ethyl adjacent to an activating group) is 1. The fraction of sp³-hybridized carbons (Fsp3) is 0.817. The van der Waals surface area contributed by atoms with Crippen LogP contribution in [0, 0.1) is 0 Å². The van der Waals surface area contributed by atoms with E-state index in [0.29, 0.717) is 17.4 Å². The van der Waals surface area contributed by atoms with Crippen LogP contribution >= 0.6 is 7.82 Å². The lowest BCUT2D eigenvalue weighted by Gasteiger charge is -2.29. The highest BCUT2D eigenvalue weighted by Gasteiger charge is 2.23. The average Bonchev–Trinajstić information content (AvgIpc) is 3.58. The van der Waals surface area contributed by atoms with Crippen molar-refractivity contribution in [1.82, 2.24) is 5.32 Å². The van der Waals surface area contributed by atoms with Gasteiger partial charge < -0.3 is 28.8 Å². The highest BCUT2D eigenvalue weighted by Crippen LogP contribution is 2.38. The smallest absolute Gasteiger partial charge is 0.268 e. The van der Waals surface area contributed by atoms with Crippen LogP contribution in [0.3, 0.4) is 0 Å². The van der Waals surface area contributed by atoms with E-state index in [1.54, 1.807) is 6.08 Å². The van der Waals surface area contributed by atoms with Crippen molar-refractivity contribution in [2.45, 2.75) is 392 Å². The van der Waals surface area contributed by atoms with Crippen LogP contribution in [0.4, 0.5) is 0 Å². The molecule has 0 bridgehead atoms. The Morgan fingerprint density at radius 1 is 0.396 bits per heavy atom. The van der Waals surface area contributed by atoms with Crippen LogP contribution in [0.5, 0.6) is 0 Å². The highest BCUT2D eigenvalue weighted by atomic mass is 31.2. The number of hydrogen-bond acceptors (Lipinski definition) is 6. The molecule has 0 radical (unpaired) electrons. The number of carbonyl (C=O) groups is 1. The van der Waals surface area contributed by atoms with Gasteiger partial charge in [0, 0.05) is 6.42 Å². The first-order chi connectivity index (χ1) is 44.5. The van der Waals surface area contributed by atoms with Crippen molar-refractivity contribution in [3.05, 3.63) is 85.1 Å². The minimum Gasteiger partial charge on any atom is -0.756 e. The van der Waals surface area contributed by atoms with Gasteiger partial charge in [0.05, 0.1) is 39.9 Å².